The Morgan fingerprint density at radius 3 is 2.24 bits per heavy atom. The zero-order valence-corrected chi connectivity index (χ0v) is 15.0. The Kier molecular flexibility index (Phi) is 6.55. The second-order valence-electron chi connectivity index (χ2n) is 5.59. The predicted molar refractivity (Wildman–Crippen MR) is 94.7 cm³/mol. The first-order valence-corrected chi connectivity index (χ1v) is 9.57. The summed E-state index contributed by atoms with van der Waals surface area (Å²) in [7, 11) is -2.30. The molecule has 0 amide bonds. The van der Waals surface area contributed by atoms with Gasteiger partial charge >= 0.3 is 5.97 Å². The van der Waals surface area contributed by atoms with E-state index in [1.165, 1.54) is 7.11 Å². The molecule has 1 unspecified atom stereocenters. The number of rotatable bonds is 8. The van der Waals surface area contributed by atoms with Gasteiger partial charge in [-0.3, -0.25) is 4.79 Å². The number of benzene rings is 2. The quantitative estimate of drug-likeness (QED) is 0.725. The Balaban J connectivity index is 1.99. The van der Waals surface area contributed by atoms with E-state index in [1.807, 2.05) is 30.3 Å². The molecule has 0 aliphatic heterocycles. The number of hydrogen-bond acceptors (Lipinski definition) is 5. The first kappa shape index (κ1) is 19.0. The van der Waals surface area contributed by atoms with Crippen molar-refractivity contribution in [3.05, 3.63) is 65.7 Å². The third kappa shape index (κ3) is 6.56. The molecule has 2 aromatic rings. The predicted octanol–water partition coefficient (Wildman–Crippen LogP) is 1.90. The van der Waals surface area contributed by atoms with Gasteiger partial charge in [0.15, 0.2) is 0 Å². The lowest BCUT2D eigenvalue weighted by molar-refractivity contribution is -0.142. The average Bonchev–Trinajstić information content (AvgIpc) is 2.59. The molecule has 1 N–H and O–H groups in total. The monoisotopic (exact) mass is 363 g/mol. The zero-order chi connectivity index (χ0) is 18.3. The van der Waals surface area contributed by atoms with Gasteiger partial charge in [0.25, 0.3) is 0 Å². The molecule has 0 spiro atoms. The van der Waals surface area contributed by atoms with Crippen molar-refractivity contribution in [1.82, 2.24) is 4.72 Å². The van der Waals surface area contributed by atoms with Crippen molar-refractivity contribution < 1.29 is 22.7 Å². The van der Waals surface area contributed by atoms with Crippen molar-refractivity contribution in [2.45, 2.75) is 19.1 Å². The van der Waals surface area contributed by atoms with E-state index in [0.29, 0.717) is 12.4 Å². The van der Waals surface area contributed by atoms with Gasteiger partial charge in [0.05, 0.1) is 13.4 Å². The average molecular weight is 363 g/mol. The lowest BCUT2D eigenvalue weighted by Crippen LogP contribution is -2.42. The number of sulfonamides is 1. The highest BCUT2D eigenvalue weighted by Crippen LogP contribution is 2.15. The van der Waals surface area contributed by atoms with Crippen LogP contribution in [0.15, 0.2) is 54.6 Å². The van der Waals surface area contributed by atoms with Crippen molar-refractivity contribution in [2.24, 2.45) is 0 Å². The SMILES string of the molecule is COC(=O)C(Cc1ccc(OCc2ccccc2)cc1)NS(C)(=O)=O. The molecule has 2 rings (SSSR count). The lowest BCUT2D eigenvalue weighted by Gasteiger charge is -2.15. The number of esters is 1. The second-order valence-corrected chi connectivity index (χ2v) is 7.37. The molecule has 0 radical (unpaired) electrons. The van der Waals surface area contributed by atoms with Gasteiger partial charge in [0.1, 0.15) is 18.4 Å². The summed E-state index contributed by atoms with van der Waals surface area (Å²) in [4.78, 5) is 11.7. The summed E-state index contributed by atoms with van der Waals surface area (Å²) in [5, 5.41) is 0. The molecule has 0 saturated carbocycles. The number of carbonyl (C=O) groups is 1. The van der Waals surface area contributed by atoms with Crippen molar-refractivity contribution in [2.75, 3.05) is 13.4 Å². The smallest absolute Gasteiger partial charge is 0.324 e. The molecule has 0 saturated heterocycles. The van der Waals surface area contributed by atoms with Crippen LogP contribution in [0.3, 0.4) is 0 Å². The van der Waals surface area contributed by atoms with Crippen LogP contribution in [0, 0.1) is 0 Å². The third-order valence-corrected chi connectivity index (χ3v) is 4.17. The van der Waals surface area contributed by atoms with E-state index in [9.17, 15) is 13.2 Å². The van der Waals surface area contributed by atoms with Crippen LogP contribution in [0.1, 0.15) is 11.1 Å². The van der Waals surface area contributed by atoms with Crippen LogP contribution in [0.2, 0.25) is 0 Å². The zero-order valence-electron chi connectivity index (χ0n) is 14.1. The fourth-order valence-corrected chi connectivity index (χ4v) is 2.97. The summed E-state index contributed by atoms with van der Waals surface area (Å²) in [5.74, 6) is 0.0631. The van der Waals surface area contributed by atoms with Gasteiger partial charge in [0.2, 0.25) is 10.0 Å². The fourth-order valence-electron chi connectivity index (χ4n) is 2.27. The van der Waals surface area contributed by atoms with E-state index < -0.39 is 22.0 Å². The van der Waals surface area contributed by atoms with Crippen LogP contribution in [0.5, 0.6) is 5.75 Å². The van der Waals surface area contributed by atoms with Crippen LogP contribution in [-0.4, -0.2) is 33.8 Å². The van der Waals surface area contributed by atoms with Crippen LogP contribution in [0.25, 0.3) is 0 Å². The topological polar surface area (TPSA) is 81.7 Å². The van der Waals surface area contributed by atoms with E-state index in [4.69, 9.17) is 4.74 Å². The Morgan fingerprint density at radius 2 is 1.68 bits per heavy atom. The fraction of sp³-hybridized carbons (Fsp3) is 0.278. The molecule has 0 fully saturated rings. The van der Waals surface area contributed by atoms with Gasteiger partial charge in [-0.25, -0.2) is 13.1 Å². The molecule has 0 bridgehead atoms. The van der Waals surface area contributed by atoms with Crippen LogP contribution in [-0.2, 0) is 32.6 Å². The highest BCUT2D eigenvalue weighted by Gasteiger charge is 2.23. The first-order chi connectivity index (χ1) is 11.9. The van der Waals surface area contributed by atoms with Gasteiger partial charge in [-0.15, -0.1) is 0 Å². The summed E-state index contributed by atoms with van der Waals surface area (Å²) in [6, 6.07) is 16.0. The molecule has 7 heteroatoms. The molecular formula is C18H21NO5S. The molecule has 25 heavy (non-hydrogen) atoms. The summed E-state index contributed by atoms with van der Waals surface area (Å²) in [6.07, 6.45) is 1.20. The van der Waals surface area contributed by atoms with E-state index >= 15 is 0 Å². The van der Waals surface area contributed by atoms with E-state index in [2.05, 4.69) is 9.46 Å². The molecule has 0 aliphatic rings. The third-order valence-electron chi connectivity index (χ3n) is 3.45. The number of carbonyl (C=O) groups excluding carboxylic acids is 1. The summed E-state index contributed by atoms with van der Waals surface area (Å²) >= 11 is 0. The molecule has 1 atom stereocenters. The van der Waals surface area contributed by atoms with Crippen LogP contribution < -0.4 is 9.46 Å². The Bertz CT molecular complexity index is 788. The van der Waals surface area contributed by atoms with Gasteiger partial charge < -0.3 is 9.47 Å². The highest BCUT2D eigenvalue weighted by atomic mass is 32.2. The molecule has 2 aromatic carbocycles. The minimum atomic E-state index is -3.52. The molecule has 0 aliphatic carbocycles. The standard InChI is InChI=1S/C18H21NO5S/c1-23-18(20)17(19-25(2,21)22)12-14-8-10-16(11-9-14)24-13-15-6-4-3-5-7-15/h3-11,17,19H,12-13H2,1-2H3. The Morgan fingerprint density at radius 1 is 1.04 bits per heavy atom. The molecule has 6 nitrogen and oxygen atoms in total. The normalized spacial score (nSPS) is 12.4. The Labute approximate surface area is 147 Å². The van der Waals surface area contributed by atoms with Crippen molar-refractivity contribution >= 4 is 16.0 Å². The second kappa shape index (κ2) is 8.64. The van der Waals surface area contributed by atoms with Crippen molar-refractivity contribution in [1.29, 1.82) is 0 Å². The number of nitrogens with one attached hydrogen (secondary N) is 1. The highest BCUT2D eigenvalue weighted by molar-refractivity contribution is 7.88. The minimum Gasteiger partial charge on any atom is -0.489 e. The number of hydrogen-bond donors (Lipinski definition) is 1. The molecule has 0 aromatic heterocycles. The van der Waals surface area contributed by atoms with Gasteiger partial charge in [-0.05, 0) is 29.7 Å². The van der Waals surface area contributed by atoms with E-state index in [1.54, 1.807) is 24.3 Å². The van der Waals surface area contributed by atoms with E-state index in [0.717, 1.165) is 17.4 Å². The van der Waals surface area contributed by atoms with Crippen LogP contribution in [0.4, 0.5) is 0 Å². The van der Waals surface area contributed by atoms with E-state index in [-0.39, 0.29) is 6.42 Å². The van der Waals surface area contributed by atoms with Gasteiger partial charge in [-0.1, -0.05) is 42.5 Å². The lowest BCUT2D eigenvalue weighted by atomic mass is 10.1. The number of ether oxygens (including phenoxy) is 2. The van der Waals surface area contributed by atoms with Gasteiger partial charge in [-0.2, -0.15) is 0 Å². The summed E-state index contributed by atoms with van der Waals surface area (Å²) < 4.78 is 35.4. The Hall–Kier alpha value is -2.38. The first-order valence-electron chi connectivity index (χ1n) is 7.68. The maximum atomic E-state index is 11.7. The molecule has 0 heterocycles. The maximum absolute atomic E-state index is 11.7. The maximum Gasteiger partial charge on any atom is 0.324 e. The largest absolute Gasteiger partial charge is 0.489 e. The summed E-state index contributed by atoms with van der Waals surface area (Å²) in [6.45, 7) is 0.459. The summed E-state index contributed by atoms with van der Waals surface area (Å²) in [5.41, 5.74) is 1.85. The van der Waals surface area contributed by atoms with Gasteiger partial charge in [0, 0.05) is 0 Å². The van der Waals surface area contributed by atoms with Crippen LogP contribution >= 0.6 is 0 Å². The molecule has 134 valence electrons. The number of methoxy groups -OCH3 is 1. The molecular weight excluding hydrogens is 342 g/mol. The van der Waals surface area contributed by atoms with Crippen molar-refractivity contribution in [3.8, 4) is 5.75 Å². The minimum absolute atomic E-state index is 0.193. The van der Waals surface area contributed by atoms with Crippen molar-refractivity contribution in [3.63, 3.8) is 0 Å².